The molecule has 1 rings (SSSR count). The number of ether oxygens (including phenoxy) is 2. The Morgan fingerprint density at radius 3 is 2.57 bits per heavy atom. The third kappa shape index (κ3) is 3.21. The first kappa shape index (κ1) is 11.4. The van der Waals surface area contributed by atoms with Crippen LogP contribution < -0.4 is 5.32 Å². The van der Waals surface area contributed by atoms with Crippen LogP contribution >= 0.6 is 11.3 Å². The Kier molecular flexibility index (Phi) is 4.78. The molecular formula is C8H15N3O2S. The number of anilines is 1. The molecule has 5 nitrogen and oxygen atoms in total. The normalized spacial score (nSPS) is 10.9. The molecule has 0 aliphatic carbocycles. The molecule has 0 aliphatic heterocycles. The smallest absolute Gasteiger partial charge is 0.205 e. The minimum atomic E-state index is -0.246. The van der Waals surface area contributed by atoms with E-state index in [1.807, 2.05) is 0 Å². The lowest BCUT2D eigenvalue weighted by molar-refractivity contribution is -0.0914. The number of aromatic nitrogens is 2. The van der Waals surface area contributed by atoms with Gasteiger partial charge in [0.25, 0.3) is 0 Å². The average molecular weight is 217 g/mol. The summed E-state index contributed by atoms with van der Waals surface area (Å²) in [6, 6.07) is 0. The Labute approximate surface area is 87.4 Å². The Hall–Kier alpha value is -0.720. The summed E-state index contributed by atoms with van der Waals surface area (Å²) in [4.78, 5) is 0. The van der Waals surface area contributed by atoms with Crippen molar-refractivity contribution >= 4 is 16.5 Å². The van der Waals surface area contributed by atoms with E-state index < -0.39 is 0 Å². The molecule has 0 saturated carbocycles. The maximum absolute atomic E-state index is 5.03. The maximum atomic E-state index is 5.03. The zero-order valence-electron chi connectivity index (χ0n) is 8.61. The average Bonchev–Trinajstić information content (AvgIpc) is 2.67. The van der Waals surface area contributed by atoms with Gasteiger partial charge in [-0.15, -0.1) is 10.2 Å². The van der Waals surface area contributed by atoms with Gasteiger partial charge in [0.15, 0.2) is 6.29 Å². The third-order valence-electron chi connectivity index (χ3n) is 1.72. The highest BCUT2D eigenvalue weighted by atomic mass is 32.1. The van der Waals surface area contributed by atoms with Crippen LogP contribution in [-0.2, 0) is 15.9 Å². The van der Waals surface area contributed by atoms with Gasteiger partial charge < -0.3 is 14.8 Å². The van der Waals surface area contributed by atoms with E-state index in [-0.39, 0.29) is 6.29 Å². The third-order valence-corrected chi connectivity index (χ3v) is 2.74. The highest BCUT2D eigenvalue weighted by molar-refractivity contribution is 7.15. The van der Waals surface area contributed by atoms with Crippen molar-refractivity contribution in [2.75, 3.05) is 26.1 Å². The SMILES string of the molecule is CCc1nnc(NCC(OC)OC)s1. The van der Waals surface area contributed by atoms with Crippen molar-refractivity contribution in [1.82, 2.24) is 10.2 Å². The second kappa shape index (κ2) is 5.90. The Balaban J connectivity index is 2.37. The molecule has 0 bridgehead atoms. The van der Waals surface area contributed by atoms with Crippen molar-refractivity contribution in [3.63, 3.8) is 0 Å². The van der Waals surface area contributed by atoms with Gasteiger partial charge in [0.2, 0.25) is 5.13 Å². The van der Waals surface area contributed by atoms with Crippen molar-refractivity contribution < 1.29 is 9.47 Å². The number of hydrogen-bond acceptors (Lipinski definition) is 6. The van der Waals surface area contributed by atoms with Gasteiger partial charge in [0.1, 0.15) is 5.01 Å². The summed E-state index contributed by atoms with van der Waals surface area (Å²) >= 11 is 1.55. The lowest BCUT2D eigenvalue weighted by atomic mass is 10.5. The van der Waals surface area contributed by atoms with Crippen LogP contribution in [0, 0.1) is 0 Å². The van der Waals surface area contributed by atoms with Crippen LogP contribution in [0.5, 0.6) is 0 Å². The molecule has 0 unspecified atom stereocenters. The van der Waals surface area contributed by atoms with Crippen molar-refractivity contribution in [3.8, 4) is 0 Å². The fourth-order valence-corrected chi connectivity index (χ4v) is 1.59. The lowest BCUT2D eigenvalue weighted by Gasteiger charge is -2.12. The molecule has 0 atom stereocenters. The maximum Gasteiger partial charge on any atom is 0.205 e. The van der Waals surface area contributed by atoms with Gasteiger partial charge in [-0.1, -0.05) is 18.3 Å². The summed E-state index contributed by atoms with van der Waals surface area (Å²) in [7, 11) is 3.21. The molecule has 80 valence electrons. The fraction of sp³-hybridized carbons (Fsp3) is 0.750. The molecule has 1 aromatic rings. The van der Waals surface area contributed by atoms with Gasteiger partial charge in [-0.3, -0.25) is 0 Å². The molecule has 0 aromatic carbocycles. The monoisotopic (exact) mass is 217 g/mol. The summed E-state index contributed by atoms with van der Waals surface area (Å²) in [6.45, 7) is 2.63. The van der Waals surface area contributed by atoms with Crippen LogP contribution in [-0.4, -0.2) is 37.3 Å². The number of methoxy groups -OCH3 is 2. The first-order chi connectivity index (χ1) is 6.80. The van der Waals surface area contributed by atoms with E-state index in [2.05, 4.69) is 22.4 Å². The first-order valence-corrected chi connectivity index (χ1v) is 5.23. The van der Waals surface area contributed by atoms with Gasteiger partial charge >= 0.3 is 0 Å². The zero-order chi connectivity index (χ0) is 10.4. The van der Waals surface area contributed by atoms with Crippen LogP contribution in [0.4, 0.5) is 5.13 Å². The number of aryl methyl sites for hydroxylation is 1. The number of hydrogen-bond donors (Lipinski definition) is 1. The molecule has 0 spiro atoms. The Morgan fingerprint density at radius 2 is 2.07 bits per heavy atom. The van der Waals surface area contributed by atoms with E-state index in [0.29, 0.717) is 6.54 Å². The van der Waals surface area contributed by atoms with Crippen molar-refractivity contribution in [3.05, 3.63) is 5.01 Å². The van der Waals surface area contributed by atoms with Gasteiger partial charge in [-0.25, -0.2) is 0 Å². The second-order valence-electron chi connectivity index (χ2n) is 2.64. The summed E-state index contributed by atoms with van der Waals surface area (Å²) in [6.07, 6.45) is 0.668. The van der Waals surface area contributed by atoms with Gasteiger partial charge in [-0.05, 0) is 6.42 Å². The minimum Gasteiger partial charge on any atom is -0.355 e. The van der Waals surface area contributed by atoms with E-state index in [9.17, 15) is 0 Å². The second-order valence-corrected chi connectivity index (χ2v) is 3.70. The van der Waals surface area contributed by atoms with E-state index in [0.717, 1.165) is 16.6 Å². The number of nitrogens with one attached hydrogen (secondary N) is 1. The summed E-state index contributed by atoms with van der Waals surface area (Å²) in [5, 5.41) is 12.9. The predicted octanol–water partition coefficient (Wildman–Crippen LogP) is 1.13. The molecular weight excluding hydrogens is 202 g/mol. The molecule has 1 heterocycles. The number of rotatable bonds is 6. The van der Waals surface area contributed by atoms with Gasteiger partial charge in [0.05, 0.1) is 6.54 Å². The molecule has 0 saturated heterocycles. The first-order valence-electron chi connectivity index (χ1n) is 4.42. The molecule has 6 heteroatoms. The van der Waals surface area contributed by atoms with Crippen LogP contribution in [0.25, 0.3) is 0 Å². The summed E-state index contributed by atoms with van der Waals surface area (Å²) in [5.41, 5.74) is 0. The molecule has 0 radical (unpaired) electrons. The molecule has 0 fully saturated rings. The highest BCUT2D eigenvalue weighted by Crippen LogP contribution is 2.15. The van der Waals surface area contributed by atoms with Crippen molar-refractivity contribution in [1.29, 1.82) is 0 Å². The molecule has 1 aromatic heterocycles. The Morgan fingerprint density at radius 1 is 1.36 bits per heavy atom. The van der Waals surface area contributed by atoms with Crippen molar-refractivity contribution in [2.24, 2.45) is 0 Å². The van der Waals surface area contributed by atoms with E-state index in [1.165, 1.54) is 0 Å². The molecule has 1 N–H and O–H groups in total. The standard InChI is InChI=1S/C8H15N3O2S/c1-4-6-10-11-8(14-6)9-5-7(12-2)13-3/h7H,4-5H2,1-3H3,(H,9,11). The number of nitrogens with zero attached hydrogens (tertiary/aromatic N) is 2. The Bertz CT molecular complexity index is 263. The fourth-order valence-electron chi connectivity index (χ4n) is 0.901. The van der Waals surface area contributed by atoms with Gasteiger partial charge in [-0.2, -0.15) is 0 Å². The minimum absolute atomic E-state index is 0.246. The van der Waals surface area contributed by atoms with E-state index in [4.69, 9.17) is 9.47 Å². The predicted molar refractivity (Wildman–Crippen MR) is 55.6 cm³/mol. The van der Waals surface area contributed by atoms with Gasteiger partial charge in [0, 0.05) is 14.2 Å². The summed E-state index contributed by atoms with van der Waals surface area (Å²) < 4.78 is 10.1. The molecule has 14 heavy (non-hydrogen) atoms. The van der Waals surface area contributed by atoms with Crippen LogP contribution in [0.1, 0.15) is 11.9 Å². The van der Waals surface area contributed by atoms with Crippen LogP contribution in [0.2, 0.25) is 0 Å². The topological polar surface area (TPSA) is 56.3 Å². The molecule has 0 aliphatic rings. The van der Waals surface area contributed by atoms with Crippen LogP contribution in [0.3, 0.4) is 0 Å². The summed E-state index contributed by atoms with van der Waals surface area (Å²) in [5.74, 6) is 0. The van der Waals surface area contributed by atoms with E-state index in [1.54, 1.807) is 25.6 Å². The van der Waals surface area contributed by atoms with E-state index >= 15 is 0 Å². The van der Waals surface area contributed by atoms with Crippen molar-refractivity contribution in [2.45, 2.75) is 19.6 Å². The largest absolute Gasteiger partial charge is 0.355 e. The highest BCUT2D eigenvalue weighted by Gasteiger charge is 2.06. The molecule has 0 amide bonds. The zero-order valence-corrected chi connectivity index (χ0v) is 9.43. The quantitative estimate of drug-likeness (QED) is 0.724. The lowest BCUT2D eigenvalue weighted by Crippen LogP contribution is -2.23. The van der Waals surface area contributed by atoms with Crippen LogP contribution in [0.15, 0.2) is 0 Å².